The number of ether oxygens (including phenoxy) is 1. The fourth-order valence-corrected chi connectivity index (χ4v) is 3.28. The molecule has 2 unspecified atom stereocenters. The van der Waals surface area contributed by atoms with Crippen molar-refractivity contribution in [3.8, 4) is 5.88 Å². The molecule has 2 fully saturated rings. The number of nitrogens with one attached hydrogen (secondary N) is 1. The number of nitrogens with zero attached hydrogens (tertiary/aromatic N) is 1. The van der Waals surface area contributed by atoms with E-state index in [2.05, 4.69) is 33.2 Å². The molecule has 3 rings (SSSR count). The Morgan fingerprint density at radius 3 is 2.72 bits per heavy atom. The number of fused-ring (bicyclic) bond motifs is 2. The van der Waals surface area contributed by atoms with Crippen LogP contribution < -0.4 is 10.1 Å². The zero-order chi connectivity index (χ0) is 12.5. The van der Waals surface area contributed by atoms with Gasteiger partial charge in [0.25, 0.3) is 0 Å². The molecule has 0 spiro atoms. The van der Waals surface area contributed by atoms with Gasteiger partial charge >= 0.3 is 0 Å². The smallest absolute Gasteiger partial charge is 0.213 e. The maximum atomic E-state index is 6.06. The summed E-state index contributed by atoms with van der Waals surface area (Å²) in [5, 5.41) is 3.68. The molecule has 0 aromatic carbocycles. The second-order valence-corrected chi connectivity index (χ2v) is 6.33. The number of hydrogen-bond acceptors (Lipinski definition) is 3. The summed E-state index contributed by atoms with van der Waals surface area (Å²) in [6.07, 6.45) is 8.35. The highest BCUT2D eigenvalue weighted by molar-refractivity contribution is 9.10. The number of aromatic nitrogens is 1. The summed E-state index contributed by atoms with van der Waals surface area (Å²) in [6, 6.07) is 3.32. The second-order valence-electron chi connectivity index (χ2n) is 5.47. The van der Waals surface area contributed by atoms with Crippen LogP contribution in [0.1, 0.15) is 37.7 Å². The summed E-state index contributed by atoms with van der Waals surface area (Å²) in [7, 11) is 0. The standard InChI is InChI=1S/C14H19BrN2O/c1-9-5-14(16-8-13(9)15)18-12-6-10-3-2-4-11(7-12)17-10/h5,8,10-12,17H,2-4,6-7H2,1H3. The van der Waals surface area contributed by atoms with E-state index in [1.165, 1.54) is 24.8 Å². The van der Waals surface area contributed by atoms with Crippen LogP contribution >= 0.6 is 15.9 Å². The highest BCUT2D eigenvalue weighted by Crippen LogP contribution is 2.28. The first-order chi connectivity index (χ1) is 8.70. The van der Waals surface area contributed by atoms with Gasteiger partial charge < -0.3 is 10.1 Å². The van der Waals surface area contributed by atoms with Crippen molar-refractivity contribution in [3.05, 3.63) is 22.3 Å². The van der Waals surface area contributed by atoms with Gasteiger partial charge in [-0.1, -0.05) is 6.42 Å². The van der Waals surface area contributed by atoms with Gasteiger partial charge in [0, 0.05) is 28.8 Å². The zero-order valence-electron chi connectivity index (χ0n) is 10.7. The average Bonchev–Trinajstić information content (AvgIpc) is 2.33. The van der Waals surface area contributed by atoms with Gasteiger partial charge in [-0.2, -0.15) is 0 Å². The minimum absolute atomic E-state index is 0.328. The van der Waals surface area contributed by atoms with Crippen molar-refractivity contribution >= 4 is 15.9 Å². The molecule has 2 atom stereocenters. The number of piperidine rings is 2. The van der Waals surface area contributed by atoms with Crippen molar-refractivity contribution < 1.29 is 4.74 Å². The van der Waals surface area contributed by atoms with Crippen molar-refractivity contribution in [2.75, 3.05) is 0 Å². The summed E-state index contributed by atoms with van der Waals surface area (Å²) < 4.78 is 7.09. The summed E-state index contributed by atoms with van der Waals surface area (Å²) in [5.74, 6) is 0.765. The highest BCUT2D eigenvalue weighted by atomic mass is 79.9. The van der Waals surface area contributed by atoms with Crippen LogP contribution in [0.4, 0.5) is 0 Å². The van der Waals surface area contributed by atoms with E-state index in [1.807, 2.05) is 12.3 Å². The topological polar surface area (TPSA) is 34.1 Å². The van der Waals surface area contributed by atoms with E-state index in [-0.39, 0.29) is 0 Å². The maximum Gasteiger partial charge on any atom is 0.213 e. The molecule has 3 nitrogen and oxygen atoms in total. The molecule has 0 saturated carbocycles. The summed E-state index contributed by atoms with van der Waals surface area (Å²) in [5.41, 5.74) is 1.18. The number of halogens is 1. The molecule has 2 aliphatic rings. The Balaban J connectivity index is 1.67. The lowest BCUT2D eigenvalue weighted by molar-refractivity contribution is 0.0889. The number of pyridine rings is 1. The Hall–Kier alpha value is -0.610. The van der Waals surface area contributed by atoms with E-state index < -0.39 is 0 Å². The SMILES string of the molecule is Cc1cc(OC2CC3CCCC(C2)N3)ncc1Br. The third-order valence-electron chi connectivity index (χ3n) is 3.98. The fourth-order valence-electron chi connectivity index (χ4n) is 3.06. The van der Waals surface area contributed by atoms with Gasteiger partial charge in [-0.05, 0) is 54.1 Å². The molecule has 1 N–H and O–H groups in total. The number of aryl methyl sites for hydroxylation is 1. The molecular weight excluding hydrogens is 292 g/mol. The lowest BCUT2D eigenvalue weighted by Crippen LogP contribution is -2.51. The van der Waals surface area contributed by atoms with Gasteiger partial charge in [-0.15, -0.1) is 0 Å². The van der Waals surface area contributed by atoms with Gasteiger partial charge in [0.05, 0.1) is 0 Å². The number of hydrogen-bond donors (Lipinski definition) is 1. The van der Waals surface area contributed by atoms with Crippen molar-refractivity contribution in [2.24, 2.45) is 0 Å². The van der Waals surface area contributed by atoms with Crippen LogP contribution in [0.15, 0.2) is 16.7 Å². The minimum atomic E-state index is 0.328. The van der Waals surface area contributed by atoms with E-state index in [9.17, 15) is 0 Å². The quantitative estimate of drug-likeness (QED) is 0.911. The fraction of sp³-hybridized carbons (Fsp3) is 0.643. The first kappa shape index (κ1) is 12.4. The van der Waals surface area contributed by atoms with Crippen molar-refractivity contribution in [3.63, 3.8) is 0 Å². The molecule has 2 aliphatic heterocycles. The van der Waals surface area contributed by atoms with Crippen molar-refractivity contribution in [1.82, 2.24) is 10.3 Å². The molecule has 98 valence electrons. The highest BCUT2D eigenvalue weighted by Gasteiger charge is 2.32. The third kappa shape index (κ3) is 2.69. The molecule has 0 aliphatic carbocycles. The Kier molecular flexibility index (Phi) is 3.57. The van der Waals surface area contributed by atoms with E-state index in [0.29, 0.717) is 18.2 Å². The summed E-state index contributed by atoms with van der Waals surface area (Å²) >= 11 is 3.47. The molecule has 0 amide bonds. The zero-order valence-corrected chi connectivity index (χ0v) is 12.2. The summed E-state index contributed by atoms with van der Waals surface area (Å²) in [4.78, 5) is 4.34. The van der Waals surface area contributed by atoms with Gasteiger partial charge in [0.2, 0.25) is 5.88 Å². The van der Waals surface area contributed by atoms with Crippen LogP contribution in [0.2, 0.25) is 0 Å². The molecule has 1 aromatic rings. The first-order valence-corrected chi connectivity index (χ1v) is 7.55. The molecule has 0 radical (unpaired) electrons. The van der Waals surface area contributed by atoms with Gasteiger partial charge in [0.1, 0.15) is 6.10 Å². The van der Waals surface area contributed by atoms with Crippen molar-refractivity contribution in [2.45, 2.75) is 57.2 Å². The van der Waals surface area contributed by atoms with Gasteiger partial charge in [-0.3, -0.25) is 0 Å². The van der Waals surface area contributed by atoms with Gasteiger partial charge in [0.15, 0.2) is 0 Å². The molecular formula is C14H19BrN2O. The molecule has 4 heteroatoms. The Bertz CT molecular complexity index is 426. The molecule has 18 heavy (non-hydrogen) atoms. The van der Waals surface area contributed by atoms with Crippen molar-refractivity contribution in [1.29, 1.82) is 0 Å². The Labute approximate surface area is 116 Å². The van der Waals surface area contributed by atoms with Crippen LogP contribution in [-0.4, -0.2) is 23.2 Å². The average molecular weight is 311 g/mol. The molecule has 2 saturated heterocycles. The van der Waals surface area contributed by atoms with Crippen LogP contribution in [0, 0.1) is 6.92 Å². The lowest BCUT2D eigenvalue weighted by Gasteiger charge is -2.40. The molecule has 3 heterocycles. The third-order valence-corrected chi connectivity index (χ3v) is 4.81. The molecule has 1 aromatic heterocycles. The predicted octanol–water partition coefficient (Wildman–Crippen LogP) is 3.20. The minimum Gasteiger partial charge on any atom is -0.474 e. The monoisotopic (exact) mass is 310 g/mol. The van der Waals surface area contributed by atoms with E-state index >= 15 is 0 Å². The van der Waals surface area contributed by atoms with Crippen LogP contribution in [0.3, 0.4) is 0 Å². The lowest BCUT2D eigenvalue weighted by atomic mass is 9.85. The normalized spacial score (nSPS) is 31.1. The van der Waals surface area contributed by atoms with Crippen LogP contribution in [0.25, 0.3) is 0 Å². The number of rotatable bonds is 2. The van der Waals surface area contributed by atoms with E-state index in [1.54, 1.807) is 0 Å². The largest absolute Gasteiger partial charge is 0.474 e. The maximum absolute atomic E-state index is 6.06. The van der Waals surface area contributed by atoms with Crippen LogP contribution in [0.5, 0.6) is 5.88 Å². The van der Waals surface area contributed by atoms with Crippen LogP contribution in [-0.2, 0) is 0 Å². The Morgan fingerprint density at radius 2 is 2.06 bits per heavy atom. The predicted molar refractivity (Wildman–Crippen MR) is 74.9 cm³/mol. The van der Waals surface area contributed by atoms with E-state index in [4.69, 9.17) is 4.74 Å². The first-order valence-electron chi connectivity index (χ1n) is 6.75. The molecule has 2 bridgehead atoms. The van der Waals surface area contributed by atoms with E-state index in [0.717, 1.165) is 23.2 Å². The van der Waals surface area contributed by atoms with Gasteiger partial charge in [-0.25, -0.2) is 4.98 Å². The summed E-state index contributed by atoms with van der Waals surface area (Å²) in [6.45, 7) is 2.07. The second kappa shape index (κ2) is 5.17. The Morgan fingerprint density at radius 1 is 1.33 bits per heavy atom.